The van der Waals surface area contributed by atoms with Gasteiger partial charge in [0.2, 0.25) is 5.91 Å². The molecule has 0 spiro atoms. The van der Waals surface area contributed by atoms with E-state index in [0.29, 0.717) is 18.7 Å². The summed E-state index contributed by atoms with van der Waals surface area (Å²) >= 11 is 1.54. The molecule has 3 rings (SSSR count). The third-order valence-electron chi connectivity index (χ3n) is 3.20. The Bertz CT molecular complexity index is 823. The Morgan fingerprint density at radius 1 is 1.13 bits per heavy atom. The van der Waals surface area contributed by atoms with Crippen LogP contribution in [0, 0.1) is 0 Å². The molecule has 0 fully saturated rings. The number of nitrogens with one attached hydrogen (secondary N) is 1. The molecular formula is C15H15N5O2S. The first kappa shape index (κ1) is 15.2. The van der Waals surface area contributed by atoms with Gasteiger partial charge in [-0.1, -0.05) is 24.3 Å². The molecule has 7 nitrogen and oxygen atoms in total. The van der Waals surface area contributed by atoms with Gasteiger partial charge in [-0.15, -0.1) is 11.3 Å². The van der Waals surface area contributed by atoms with E-state index >= 15 is 0 Å². The summed E-state index contributed by atoms with van der Waals surface area (Å²) in [6, 6.07) is 12.9. The zero-order valence-electron chi connectivity index (χ0n) is 12.3. The largest absolute Gasteiger partial charge is 0.368 e. The lowest BCUT2D eigenvalue weighted by molar-refractivity contribution is -0.120. The van der Waals surface area contributed by atoms with Gasteiger partial charge < -0.3 is 5.32 Å². The fraction of sp³-hybridized carbons (Fsp3) is 0.200. The molecule has 2 aromatic heterocycles. The molecule has 0 bridgehead atoms. The Hall–Kier alpha value is -2.74. The van der Waals surface area contributed by atoms with Crippen LogP contribution in [0.15, 0.2) is 52.6 Å². The fourth-order valence-corrected chi connectivity index (χ4v) is 2.78. The van der Waals surface area contributed by atoms with Crippen molar-refractivity contribution >= 4 is 17.2 Å². The lowest BCUT2D eigenvalue weighted by atomic mass is 10.3. The second kappa shape index (κ2) is 7.01. The Labute approximate surface area is 136 Å². The third-order valence-corrected chi connectivity index (χ3v) is 4.08. The highest BCUT2D eigenvalue weighted by molar-refractivity contribution is 7.10. The molecule has 0 aliphatic rings. The highest BCUT2D eigenvalue weighted by atomic mass is 32.1. The molecule has 1 N–H and O–H groups in total. The summed E-state index contributed by atoms with van der Waals surface area (Å²) in [5.41, 5.74) is 0.328. The van der Waals surface area contributed by atoms with Crippen LogP contribution in [0.3, 0.4) is 0 Å². The minimum atomic E-state index is -0.330. The van der Waals surface area contributed by atoms with Crippen LogP contribution in [0.1, 0.15) is 4.88 Å². The summed E-state index contributed by atoms with van der Waals surface area (Å²) in [7, 11) is 0. The molecular weight excluding hydrogens is 314 g/mol. The second-order valence-corrected chi connectivity index (χ2v) is 5.87. The molecule has 118 valence electrons. The van der Waals surface area contributed by atoms with Gasteiger partial charge in [0.1, 0.15) is 0 Å². The SMILES string of the molecule is O=C(Cc1cccs1)NCCn1nnn(-c2ccccc2)c1=O. The molecule has 0 saturated heterocycles. The van der Waals surface area contributed by atoms with Crippen LogP contribution in [-0.4, -0.2) is 32.2 Å². The first-order valence-electron chi connectivity index (χ1n) is 7.11. The monoisotopic (exact) mass is 329 g/mol. The number of hydrogen-bond acceptors (Lipinski definition) is 5. The van der Waals surface area contributed by atoms with Crippen molar-refractivity contribution in [2.24, 2.45) is 0 Å². The lowest BCUT2D eigenvalue weighted by Gasteiger charge is -2.03. The maximum absolute atomic E-state index is 12.2. The van der Waals surface area contributed by atoms with Gasteiger partial charge in [-0.2, -0.15) is 9.36 Å². The predicted octanol–water partition coefficient (Wildman–Crippen LogP) is 0.849. The van der Waals surface area contributed by atoms with Gasteiger partial charge in [-0.25, -0.2) is 4.79 Å². The van der Waals surface area contributed by atoms with Crippen molar-refractivity contribution in [1.82, 2.24) is 25.1 Å². The van der Waals surface area contributed by atoms with Crippen molar-refractivity contribution in [3.8, 4) is 5.69 Å². The molecule has 3 aromatic rings. The summed E-state index contributed by atoms with van der Waals surface area (Å²) in [6.45, 7) is 0.611. The zero-order chi connectivity index (χ0) is 16.1. The zero-order valence-corrected chi connectivity index (χ0v) is 13.1. The lowest BCUT2D eigenvalue weighted by Crippen LogP contribution is -2.32. The van der Waals surface area contributed by atoms with Gasteiger partial charge in [-0.3, -0.25) is 4.79 Å². The molecule has 1 amide bonds. The smallest absolute Gasteiger partial charge is 0.354 e. The number of rotatable bonds is 6. The Morgan fingerprint density at radius 2 is 1.96 bits per heavy atom. The fourth-order valence-electron chi connectivity index (χ4n) is 2.08. The van der Waals surface area contributed by atoms with Crippen molar-refractivity contribution in [2.45, 2.75) is 13.0 Å². The van der Waals surface area contributed by atoms with Crippen molar-refractivity contribution < 1.29 is 4.79 Å². The van der Waals surface area contributed by atoms with E-state index in [1.807, 2.05) is 35.7 Å². The van der Waals surface area contributed by atoms with E-state index < -0.39 is 0 Å². The molecule has 2 heterocycles. The standard InChI is InChI=1S/C15H15N5O2S/c21-14(11-13-7-4-10-23-13)16-8-9-19-15(22)20(18-17-19)12-5-2-1-3-6-12/h1-7,10H,8-9,11H2,(H,16,21). The topological polar surface area (TPSA) is 81.8 Å². The van der Waals surface area contributed by atoms with E-state index in [1.165, 1.54) is 9.36 Å². The van der Waals surface area contributed by atoms with E-state index in [1.54, 1.807) is 23.5 Å². The van der Waals surface area contributed by atoms with E-state index in [9.17, 15) is 9.59 Å². The number of tetrazole rings is 1. The summed E-state index contributed by atoms with van der Waals surface area (Å²) in [6.07, 6.45) is 0.350. The predicted molar refractivity (Wildman–Crippen MR) is 86.7 cm³/mol. The average Bonchev–Trinajstić information content (AvgIpc) is 3.19. The third kappa shape index (κ3) is 3.72. The van der Waals surface area contributed by atoms with Crippen molar-refractivity contribution in [3.05, 3.63) is 63.2 Å². The summed E-state index contributed by atoms with van der Waals surface area (Å²) in [4.78, 5) is 25.0. The minimum Gasteiger partial charge on any atom is -0.354 e. The van der Waals surface area contributed by atoms with Crippen molar-refractivity contribution in [3.63, 3.8) is 0 Å². The normalized spacial score (nSPS) is 10.6. The second-order valence-electron chi connectivity index (χ2n) is 4.84. The van der Waals surface area contributed by atoms with Crippen LogP contribution in [-0.2, 0) is 17.8 Å². The summed E-state index contributed by atoms with van der Waals surface area (Å²) in [5, 5.41) is 12.4. The number of para-hydroxylation sites is 1. The molecule has 0 aliphatic heterocycles. The van der Waals surface area contributed by atoms with Crippen LogP contribution in [0.5, 0.6) is 0 Å². The van der Waals surface area contributed by atoms with Gasteiger partial charge >= 0.3 is 5.69 Å². The molecule has 0 unspecified atom stereocenters. The number of thiophene rings is 1. The van der Waals surface area contributed by atoms with Gasteiger partial charge in [0.05, 0.1) is 18.7 Å². The Morgan fingerprint density at radius 3 is 2.70 bits per heavy atom. The van der Waals surface area contributed by atoms with Crippen LogP contribution in [0.4, 0.5) is 0 Å². The maximum atomic E-state index is 12.2. The first-order valence-corrected chi connectivity index (χ1v) is 7.99. The number of hydrogen-bond donors (Lipinski definition) is 1. The molecule has 8 heteroatoms. The molecule has 0 saturated carbocycles. The molecule has 23 heavy (non-hydrogen) atoms. The van der Waals surface area contributed by atoms with Crippen molar-refractivity contribution in [2.75, 3.05) is 6.54 Å². The maximum Gasteiger partial charge on any atom is 0.368 e. The number of amides is 1. The Balaban J connectivity index is 1.56. The number of nitrogens with zero attached hydrogens (tertiary/aromatic N) is 4. The first-order chi connectivity index (χ1) is 11.2. The molecule has 1 aromatic carbocycles. The van der Waals surface area contributed by atoms with E-state index in [-0.39, 0.29) is 18.1 Å². The van der Waals surface area contributed by atoms with Crippen LogP contribution in [0.2, 0.25) is 0 Å². The van der Waals surface area contributed by atoms with Gasteiger partial charge in [0.15, 0.2) is 0 Å². The molecule has 0 aliphatic carbocycles. The van der Waals surface area contributed by atoms with Crippen molar-refractivity contribution in [1.29, 1.82) is 0 Å². The minimum absolute atomic E-state index is 0.0732. The van der Waals surface area contributed by atoms with Crippen LogP contribution < -0.4 is 11.0 Å². The molecule has 0 radical (unpaired) electrons. The Kier molecular flexibility index (Phi) is 4.62. The molecule has 0 atom stereocenters. The highest BCUT2D eigenvalue weighted by Crippen LogP contribution is 2.08. The average molecular weight is 329 g/mol. The van der Waals surface area contributed by atoms with Gasteiger partial charge in [0.25, 0.3) is 0 Å². The quantitative estimate of drug-likeness (QED) is 0.727. The van der Waals surface area contributed by atoms with E-state index in [4.69, 9.17) is 0 Å². The van der Waals surface area contributed by atoms with Crippen LogP contribution in [0.25, 0.3) is 5.69 Å². The van der Waals surface area contributed by atoms with Gasteiger partial charge in [0, 0.05) is 11.4 Å². The van der Waals surface area contributed by atoms with Gasteiger partial charge in [-0.05, 0) is 34.0 Å². The number of benzene rings is 1. The number of carbonyl (C=O) groups excluding carboxylic acids is 1. The van der Waals surface area contributed by atoms with Crippen LogP contribution >= 0.6 is 11.3 Å². The van der Waals surface area contributed by atoms with E-state index in [0.717, 1.165) is 4.88 Å². The summed E-state index contributed by atoms with van der Waals surface area (Å²) < 4.78 is 2.46. The number of aromatic nitrogens is 4. The van der Waals surface area contributed by atoms with E-state index in [2.05, 4.69) is 15.7 Å². The summed E-state index contributed by atoms with van der Waals surface area (Å²) in [5.74, 6) is -0.0732. The number of carbonyl (C=O) groups is 1. The highest BCUT2D eigenvalue weighted by Gasteiger charge is 2.09.